The van der Waals surface area contributed by atoms with E-state index in [0.717, 1.165) is 42.3 Å². The van der Waals surface area contributed by atoms with Gasteiger partial charge in [-0.25, -0.2) is 9.78 Å². The number of carbonyl (C=O) groups excluding carboxylic acids is 2. The molecule has 0 aliphatic heterocycles. The molecule has 1 heterocycles. The Balaban J connectivity index is 0.000000517. The molecule has 12 heteroatoms. The molecule has 1 aromatic carbocycles. The first-order chi connectivity index (χ1) is 20.5. The number of nitrogens with two attached hydrogens (primary N) is 2. The number of anilines is 4. The zero-order valence-electron chi connectivity index (χ0n) is 26.3. The van der Waals surface area contributed by atoms with E-state index in [-0.39, 0.29) is 21.8 Å². The van der Waals surface area contributed by atoms with Crippen molar-refractivity contribution in [1.29, 1.82) is 5.26 Å². The number of ether oxygens (including phenoxy) is 2. The lowest BCUT2D eigenvalue weighted by Crippen LogP contribution is -2.31. The number of nitrogens with one attached hydrogen (secondary N) is 1. The van der Waals surface area contributed by atoms with Crippen LogP contribution >= 0.6 is 22.9 Å². The minimum absolute atomic E-state index is 0.119. The van der Waals surface area contributed by atoms with Crippen molar-refractivity contribution in [3.63, 3.8) is 0 Å². The summed E-state index contributed by atoms with van der Waals surface area (Å²) >= 11 is 6.79. The zero-order chi connectivity index (χ0) is 32.4. The van der Waals surface area contributed by atoms with Crippen LogP contribution in [0.2, 0.25) is 5.15 Å². The molecule has 0 saturated heterocycles. The Hall–Kier alpha value is -3.49. The molecule has 2 rings (SSSR count). The molecule has 238 valence electrons. The number of esters is 1. The summed E-state index contributed by atoms with van der Waals surface area (Å²) < 4.78 is 10.1. The highest BCUT2D eigenvalue weighted by Crippen LogP contribution is 2.37. The van der Waals surface area contributed by atoms with Gasteiger partial charge in [0.2, 0.25) is 5.91 Å². The minimum atomic E-state index is -0.722. The fraction of sp³-hybridized carbons (Fsp3) is 0.548. The number of hydrogen-bond donors (Lipinski definition) is 3. The molecule has 0 radical (unpaired) electrons. The average Bonchev–Trinajstić information content (AvgIpc) is 3.31. The van der Waals surface area contributed by atoms with Crippen LogP contribution in [0, 0.1) is 17.2 Å². The molecule has 43 heavy (non-hydrogen) atoms. The number of unbranched alkanes of at least 4 members (excludes halogenated alkanes) is 4. The van der Waals surface area contributed by atoms with Crippen LogP contribution < -0.4 is 26.4 Å². The van der Waals surface area contributed by atoms with Crippen molar-refractivity contribution < 1.29 is 19.1 Å². The van der Waals surface area contributed by atoms with E-state index in [1.807, 2.05) is 12.1 Å². The number of aromatic nitrogens is 1. The number of methoxy groups -OCH3 is 2. The van der Waals surface area contributed by atoms with Gasteiger partial charge in [-0.15, -0.1) is 0 Å². The van der Waals surface area contributed by atoms with Crippen LogP contribution in [0.15, 0.2) is 17.7 Å². The molecule has 10 nitrogen and oxygen atoms in total. The molecule has 1 atom stereocenters. The van der Waals surface area contributed by atoms with Gasteiger partial charge in [-0.1, -0.05) is 82.2 Å². The van der Waals surface area contributed by atoms with Gasteiger partial charge in [-0.05, 0) is 30.9 Å². The topological polar surface area (TPSA) is 157 Å². The normalized spacial score (nSPS) is 11.5. The number of nitriles is 1. The molecule has 1 amide bonds. The number of nitrogen functional groups attached to an aromatic ring is 2. The second-order valence-corrected chi connectivity index (χ2v) is 11.5. The predicted octanol–water partition coefficient (Wildman–Crippen LogP) is 7.30. The quantitative estimate of drug-likeness (QED) is 0.0566. The number of halogens is 1. The van der Waals surface area contributed by atoms with Crippen LogP contribution in [0.5, 0.6) is 5.75 Å². The van der Waals surface area contributed by atoms with Gasteiger partial charge in [-0.3, -0.25) is 4.79 Å². The van der Waals surface area contributed by atoms with Crippen molar-refractivity contribution in [2.24, 2.45) is 5.92 Å². The summed E-state index contributed by atoms with van der Waals surface area (Å²) in [5.74, 6) is 0.581. The van der Waals surface area contributed by atoms with E-state index >= 15 is 0 Å². The SMILES string of the molecule is CCCCCCN(CC(CC)CCCC)c1cc(NC(C)=O)c(N)cc1OC.COC(=O)/C(C#N)=C/c1sc(N)nc1Cl. The molecule has 2 aromatic rings. The Morgan fingerprint density at radius 1 is 1.16 bits per heavy atom. The molecular weight excluding hydrogens is 588 g/mol. The average molecular weight is 635 g/mol. The second-order valence-electron chi connectivity index (χ2n) is 10.1. The summed E-state index contributed by atoms with van der Waals surface area (Å²) in [5.41, 5.74) is 13.6. The standard InChI is InChI=1S/C23H41N3O2.C8H6ClN3O2S/c1-6-9-11-12-14-26(17-19(8-3)13-10-7-2)22-16-21(25-18(4)27)20(24)15-23(22)28-5;1-14-7(13)4(3-10)2-5-6(9)12-8(11)15-5/h15-16,19H,6-14,17,24H2,1-5H3,(H,25,27);2H,1H3,(H2,11,12)/b;4-2+. The highest BCUT2D eigenvalue weighted by molar-refractivity contribution is 7.16. The van der Waals surface area contributed by atoms with Crippen LogP contribution in [0.4, 0.5) is 22.2 Å². The summed E-state index contributed by atoms with van der Waals surface area (Å²) in [6.45, 7) is 10.3. The van der Waals surface area contributed by atoms with Crippen LogP contribution in [0.25, 0.3) is 6.08 Å². The fourth-order valence-corrected chi connectivity index (χ4v) is 5.34. The maximum atomic E-state index is 11.6. The van der Waals surface area contributed by atoms with E-state index in [9.17, 15) is 9.59 Å². The third-order valence-corrected chi connectivity index (χ3v) is 7.96. The van der Waals surface area contributed by atoms with Gasteiger partial charge in [0, 0.05) is 26.1 Å². The van der Waals surface area contributed by atoms with Crippen molar-refractivity contribution in [3.8, 4) is 11.8 Å². The largest absolute Gasteiger partial charge is 0.495 e. The van der Waals surface area contributed by atoms with Gasteiger partial charge < -0.3 is 31.2 Å². The molecule has 1 unspecified atom stereocenters. The first-order valence-corrected chi connectivity index (χ1v) is 15.9. The maximum absolute atomic E-state index is 11.6. The first-order valence-electron chi connectivity index (χ1n) is 14.7. The van der Waals surface area contributed by atoms with Gasteiger partial charge in [0.25, 0.3) is 0 Å². The number of carbonyl (C=O) groups is 2. The molecule has 0 spiro atoms. The van der Waals surface area contributed by atoms with Gasteiger partial charge >= 0.3 is 5.97 Å². The van der Waals surface area contributed by atoms with Crippen molar-refractivity contribution in [2.75, 3.05) is 49.0 Å². The minimum Gasteiger partial charge on any atom is -0.495 e. The van der Waals surface area contributed by atoms with E-state index < -0.39 is 5.97 Å². The predicted molar refractivity (Wildman–Crippen MR) is 179 cm³/mol. The van der Waals surface area contributed by atoms with Crippen molar-refractivity contribution in [3.05, 3.63) is 27.7 Å². The van der Waals surface area contributed by atoms with E-state index in [4.69, 9.17) is 33.1 Å². The Bertz CT molecular complexity index is 1240. The number of thiazole rings is 1. The summed E-state index contributed by atoms with van der Waals surface area (Å²) in [6, 6.07) is 5.50. The van der Waals surface area contributed by atoms with E-state index in [1.54, 1.807) is 13.2 Å². The lowest BCUT2D eigenvalue weighted by molar-refractivity contribution is -0.135. The maximum Gasteiger partial charge on any atom is 0.348 e. The number of nitrogens with zero attached hydrogens (tertiary/aromatic N) is 3. The van der Waals surface area contributed by atoms with Crippen molar-refractivity contribution in [1.82, 2.24) is 4.98 Å². The number of rotatable bonds is 16. The smallest absolute Gasteiger partial charge is 0.348 e. The third kappa shape index (κ3) is 13.1. The highest BCUT2D eigenvalue weighted by Gasteiger charge is 2.19. The second kappa shape index (κ2) is 20.4. The fourth-order valence-electron chi connectivity index (χ4n) is 4.36. The van der Waals surface area contributed by atoms with Gasteiger partial charge in [-0.2, -0.15) is 5.26 Å². The Kier molecular flexibility index (Phi) is 17.8. The molecule has 0 bridgehead atoms. The summed E-state index contributed by atoms with van der Waals surface area (Å²) in [7, 11) is 2.87. The monoisotopic (exact) mass is 634 g/mol. The Morgan fingerprint density at radius 3 is 2.37 bits per heavy atom. The van der Waals surface area contributed by atoms with Crippen molar-refractivity contribution >= 4 is 63.1 Å². The summed E-state index contributed by atoms with van der Waals surface area (Å²) in [4.78, 5) is 29.3. The third-order valence-electron chi connectivity index (χ3n) is 6.73. The summed E-state index contributed by atoms with van der Waals surface area (Å²) in [5, 5.41) is 12.0. The highest BCUT2D eigenvalue weighted by atomic mass is 35.5. The molecule has 0 saturated carbocycles. The van der Waals surface area contributed by atoms with Crippen LogP contribution in [-0.4, -0.2) is 44.2 Å². The van der Waals surface area contributed by atoms with Crippen molar-refractivity contribution in [2.45, 2.75) is 79.1 Å². The lowest BCUT2D eigenvalue weighted by Gasteiger charge is -2.31. The Labute approximate surface area is 265 Å². The molecule has 0 aliphatic rings. The summed E-state index contributed by atoms with van der Waals surface area (Å²) in [6.07, 6.45) is 11.1. The molecule has 1 aromatic heterocycles. The molecule has 5 N–H and O–H groups in total. The number of benzene rings is 1. The molecular formula is C31H47ClN6O4S. The number of amides is 1. The first kappa shape index (κ1) is 37.5. The van der Waals surface area contributed by atoms with Gasteiger partial charge in [0.05, 0.1) is 36.2 Å². The molecule has 0 fully saturated rings. The van der Waals surface area contributed by atoms with Crippen LogP contribution in [-0.2, 0) is 14.3 Å². The van der Waals surface area contributed by atoms with Crippen LogP contribution in [0.1, 0.15) is 83.9 Å². The van der Waals surface area contributed by atoms with E-state index in [2.05, 4.69) is 40.7 Å². The number of hydrogen-bond acceptors (Lipinski definition) is 10. The zero-order valence-corrected chi connectivity index (χ0v) is 27.9. The van der Waals surface area contributed by atoms with E-state index in [0.29, 0.717) is 22.2 Å². The molecule has 0 aliphatic carbocycles. The van der Waals surface area contributed by atoms with E-state index in [1.165, 1.54) is 65.1 Å². The Morgan fingerprint density at radius 2 is 1.86 bits per heavy atom. The lowest BCUT2D eigenvalue weighted by atomic mass is 9.98. The van der Waals surface area contributed by atoms with Gasteiger partial charge in [0.1, 0.15) is 22.5 Å². The van der Waals surface area contributed by atoms with Crippen LogP contribution in [0.3, 0.4) is 0 Å². The van der Waals surface area contributed by atoms with Gasteiger partial charge in [0.15, 0.2) is 5.13 Å².